The molecule has 1 aliphatic heterocycles. The molecule has 0 spiro atoms. The minimum Gasteiger partial charge on any atom is -0.447 e. The molecule has 1 saturated heterocycles. The van der Waals surface area contributed by atoms with Crippen molar-refractivity contribution in [1.82, 2.24) is 10.3 Å². The topological polar surface area (TPSA) is 72.2 Å². The highest BCUT2D eigenvalue weighted by atomic mass is 32.2. The van der Waals surface area contributed by atoms with Crippen LogP contribution in [0, 0.1) is 0 Å². The Kier molecular flexibility index (Phi) is 2.56. The van der Waals surface area contributed by atoms with E-state index in [1.165, 1.54) is 6.39 Å². The molecule has 1 unspecified atom stereocenters. The molecule has 6 heteroatoms. The molecule has 2 heterocycles. The van der Waals surface area contributed by atoms with Crippen LogP contribution >= 0.6 is 0 Å². The predicted octanol–water partition coefficient (Wildman–Crippen LogP) is -0.0487. The number of hydrogen-bond donors (Lipinski definition) is 1. The van der Waals surface area contributed by atoms with Gasteiger partial charge in [0.15, 0.2) is 16.2 Å². The fourth-order valence-electron chi connectivity index (χ4n) is 1.53. The highest BCUT2D eigenvalue weighted by molar-refractivity contribution is 7.91. The quantitative estimate of drug-likeness (QED) is 0.767. The molecule has 5 nitrogen and oxygen atoms in total. The van der Waals surface area contributed by atoms with E-state index >= 15 is 0 Å². The molecule has 0 amide bonds. The molecule has 0 radical (unpaired) electrons. The van der Waals surface area contributed by atoms with Gasteiger partial charge in [-0.3, -0.25) is 0 Å². The molecule has 0 aromatic carbocycles. The van der Waals surface area contributed by atoms with Crippen LogP contribution < -0.4 is 5.32 Å². The van der Waals surface area contributed by atoms with Gasteiger partial charge >= 0.3 is 0 Å². The molecule has 1 N–H and O–H groups in total. The van der Waals surface area contributed by atoms with Gasteiger partial charge in [-0.1, -0.05) is 0 Å². The van der Waals surface area contributed by atoms with Gasteiger partial charge in [-0.2, -0.15) is 0 Å². The zero-order chi connectivity index (χ0) is 10.0. The fraction of sp³-hybridized carbons (Fsp3) is 0.625. The maximum absolute atomic E-state index is 11.1. The molecule has 2 rings (SSSR count). The fourth-order valence-corrected chi connectivity index (χ4v) is 3.24. The number of nitrogens with one attached hydrogen (secondary N) is 1. The molecule has 78 valence electrons. The van der Waals surface area contributed by atoms with Gasteiger partial charge in [0.05, 0.1) is 24.2 Å². The zero-order valence-electron chi connectivity index (χ0n) is 7.64. The number of oxazole rings is 1. The van der Waals surface area contributed by atoms with Crippen molar-refractivity contribution in [2.75, 3.05) is 11.5 Å². The molecule has 14 heavy (non-hydrogen) atoms. The highest BCUT2D eigenvalue weighted by Gasteiger charge is 2.27. The van der Waals surface area contributed by atoms with Crippen molar-refractivity contribution in [3.05, 3.63) is 18.4 Å². The standard InChI is InChI=1S/C8H12N2O3S/c11-14(12)2-1-7(5-14)10-4-8-3-9-6-13-8/h3,6-7,10H,1-2,4-5H2. The summed E-state index contributed by atoms with van der Waals surface area (Å²) in [6.07, 6.45) is 3.68. The third kappa shape index (κ3) is 2.33. The van der Waals surface area contributed by atoms with Crippen molar-refractivity contribution >= 4 is 9.84 Å². The summed E-state index contributed by atoms with van der Waals surface area (Å²) in [7, 11) is -2.80. The van der Waals surface area contributed by atoms with E-state index in [1.54, 1.807) is 6.20 Å². The molecule has 0 bridgehead atoms. The second-order valence-electron chi connectivity index (χ2n) is 3.45. The Morgan fingerprint density at radius 1 is 1.64 bits per heavy atom. The first-order chi connectivity index (χ1) is 6.66. The van der Waals surface area contributed by atoms with Gasteiger partial charge in [0.2, 0.25) is 0 Å². The van der Waals surface area contributed by atoms with Crippen LogP contribution in [0.3, 0.4) is 0 Å². The van der Waals surface area contributed by atoms with Crippen LogP contribution in [0.15, 0.2) is 17.0 Å². The van der Waals surface area contributed by atoms with E-state index in [0.29, 0.717) is 18.7 Å². The van der Waals surface area contributed by atoms with E-state index in [9.17, 15) is 8.42 Å². The third-order valence-corrected chi connectivity index (χ3v) is 4.05. The lowest BCUT2D eigenvalue weighted by atomic mass is 10.2. The monoisotopic (exact) mass is 216 g/mol. The second-order valence-corrected chi connectivity index (χ2v) is 5.68. The average molecular weight is 216 g/mol. The maximum Gasteiger partial charge on any atom is 0.180 e. The summed E-state index contributed by atoms with van der Waals surface area (Å²) in [5.74, 6) is 1.26. The first-order valence-electron chi connectivity index (χ1n) is 4.47. The van der Waals surface area contributed by atoms with Gasteiger partial charge in [0.1, 0.15) is 5.76 Å². The molecule has 0 saturated carbocycles. The summed E-state index contributed by atoms with van der Waals surface area (Å²) in [4.78, 5) is 3.77. The number of nitrogens with zero attached hydrogens (tertiary/aromatic N) is 1. The van der Waals surface area contributed by atoms with Gasteiger partial charge < -0.3 is 9.73 Å². The number of aromatic nitrogens is 1. The maximum atomic E-state index is 11.1. The van der Waals surface area contributed by atoms with Crippen LogP contribution in [-0.2, 0) is 16.4 Å². The Hall–Kier alpha value is -0.880. The van der Waals surface area contributed by atoms with Gasteiger partial charge in [-0.25, -0.2) is 13.4 Å². The van der Waals surface area contributed by atoms with Gasteiger partial charge in [-0.15, -0.1) is 0 Å². The van der Waals surface area contributed by atoms with Crippen LogP contribution in [0.25, 0.3) is 0 Å². The lowest BCUT2D eigenvalue weighted by Crippen LogP contribution is -2.29. The van der Waals surface area contributed by atoms with Gasteiger partial charge in [-0.05, 0) is 6.42 Å². The molecule has 1 aromatic heterocycles. The molecule has 1 atom stereocenters. The average Bonchev–Trinajstić information content (AvgIpc) is 2.70. The Bertz CT molecular complexity index is 385. The van der Waals surface area contributed by atoms with Crippen LogP contribution in [0.1, 0.15) is 12.2 Å². The van der Waals surface area contributed by atoms with Gasteiger partial charge in [0, 0.05) is 6.04 Å². The van der Waals surface area contributed by atoms with E-state index in [-0.39, 0.29) is 11.8 Å². The second kappa shape index (κ2) is 3.70. The summed E-state index contributed by atoms with van der Waals surface area (Å²) in [5.41, 5.74) is 0. The Morgan fingerprint density at radius 2 is 2.50 bits per heavy atom. The predicted molar refractivity (Wildman–Crippen MR) is 50.4 cm³/mol. The molecular weight excluding hydrogens is 204 g/mol. The number of sulfone groups is 1. The number of rotatable bonds is 3. The summed E-state index contributed by atoms with van der Waals surface area (Å²) < 4.78 is 27.3. The Balaban J connectivity index is 1.83. The molecule has 1 aliphatic rings. The smallest absolute Gasteiger partial charge is 0.180 e. The Labute approximate surface area is 82.4 Å². The van der Waals surface area contributed by atoms with Crippen LogP contribution in [0.4, 0.5) is 0 Å². The van der Waals surface area contributed by atoms with E-state index in [4.69, 9.17) is 4.42 Å². The molecule has 1 aromatic rings. The summed E-state index contributed by atoms with van der Waals surface area (Å²) in [6.45, 7) is 0.542. The SMILES string of the molecule is O=S1(=O)CCC(NCc2cnco2)C1. The Morgan fingerprint density at radius 3 is 3.07 bits per heavy atom. The minimum atomic E-state index is -2.80. The van der Waals surface area contributed by atoms with E-state index in [0.717, 1.165) is 5.76 Å². The first kappa shape index (κ1) is 9.67. The highest BCUT2D eigenvalue weighted by Crippen LogP contribution is 2.11. The lowest BCUT2D eigenvalue weighted by molar-refractivity contribution is 0.454. The van der Waals surface area contributed by atoms with Crippen LogP contribution in [0.2, 0.25) is 0 Å². The van der Waals surface area contributed by atoms with Crippen molar-refractivity contribution in [3.63, 3.8) is 0 Å². The van der Waals surface area contributed by atoms with Crippen LogP contribution in [-0.4, -0.2) is 30.9 Å². The van der Waals surface area contributed by atoms with Gasteiger partial charge in [0.25, 0.3) is 0 Å². The summed E-state index contributed by atoms with van der Waals surface area (Å²) >= 11 is 0. The summed E-state index contributed by atoms with van der Waals surface area (Å²) in [6, 6.07) is 0.0603. The van der Waals surface area contributed by atoms with E-state index < -0.39 is 9.84 Å². The van der Waals surface area contributed by atoms with Crippen molar-refractivity contribution in [3.8, 4) is 0 Å². The van der Waals surface area contributed by atoms with Crippen molar-refractivity contribution in [2.45, 2.75) is 19.0 Å². The van der Waals surface area contributed by atoms with Crippen molar-refractivity contribution in [2.24, 2.45) is 0 Å². The van der Waals surface area contributed by atoms with E-state index in [2.05, 4.69) is 10.3 Å². The first-order valence-corrected chi connectivity index (χ1v) is 6.29. The lowest BCUT2D eigenvalue weighted by Gasteiger charge is -2.07. The minimum absolute atomic E-state index is 0.0603. The molecular formula is C8H12N2O3S. The largest absolute Gasteiger partial charge is 0.447 e. The van der Waals surface area contributed by atoms with Crippen LogP contribution in [0.5, 0.6) is 0 Å². The van der Waals surface area contributed by atoms with Crippen molar-refractivity contribution < 1.29 is 12.8 Å². The number of hydrogen-bond acceptors (Lipinski definition) is 5. The molecule has 1 fully saturated rings. The summed E-state index contributed by atoms with van der Waals surface area (Å²) in [5, 5.41) is 3.13. The normalized spacial score (nSPS) is 25.3. The zero-order valence-corrected chi connectivity index (χ0v) is 8.46. The van der Waals surface area contributed by atoms with Crippen molar-refractivity contribution in [1.29, 1.82) is 0 Å². The van der Waals surface area contributed by atoms with E-state index in [1.807, 2.05) is 0 Å². The molecule has 0 aliphatic carbocycles. The third-order valence-electron chi connectivity index (χ3n) is 2.28.